The zero-order chi connectivity index (χ0) is 15.7. The van der Waals surface area contributed by atoms with Crippen LogP contribution >= 0.6 is 0 Å². The van der Waals surface area contributed by atoms with Crippen LogP contribution in [0.3, 0.4) is 0 Å². The van der Waals surface area contributed by atoms with E-state index in [-0.39, 0.29) is 18.6 Å². The van der Waals surface area contributed by atoms with Gasteiger partial charge in [0, 0.05) is 11.6 Å². The summed E-state index contributed by atoms with van der Waals surface area (Å²) in [5.41, 5.74) is 0.787. The molecule has 1 atom stereocenters. The van der Waals surface area contributed by atoms with Crippen LogP contribution in [-0.4, -0.2) is 39.0 Å². The predicted molar refractivity (Wildman–Crippen MR) is 81.0 cm³/mol. The molecule has 0 heterocycles. The molecule has 0 aliphatic rings. The van der Waals surface area contributed by atoms with Gasteiger partial charge in [0.2, 0.25) is 0 Å². The lowest BCUT2D eigenvalue weighted by atomic mass is 10.2. The van der Waals surface area contributed by atoms with Crippen LogP contribution in [0.5, 0.6) is 11.5 Å². The Balaban J connectivity index is 2.48. The van der Waals surface area contributed by atoms with Gasteiger partial charge in [-0.25, -0.2) is 0 Å². The largest absolute Gasteiger partial charge is 0.493 e. The molecule has 0 fully saturated rings. The third kappa shape index (κ3) is 5.72. The van der Waals surface area contributed by atoms with Crippen LogP contribution in [0.1, 0.15) is 25.8 Å². The number of carbonyl (C=O) groups is 1. The lowest BCUT2D eigenvalue weighted by molar-refractivity contribution is -0.126. The molecule has 0 saturated carbocycles. The first-order valence-corrected chi connectivity index (χ1v) is 6.77. The molecule has 116 valence electrons. The number of oxime groups is 1. The minimum absolute atomic E-state index is 0.103. The van der Waals surface area contributed by atoms with Gasteiger partial charge in [-0.2, -0.15) is 0 Å². The molecule has 1 rings (SSSR count). The second-order valence-electron chi connectivity index (χ2n) is 4.50. The topological polar surface area (TPSA) is 69.2 Å². The van der Waals surface area contributed by atoms with Gasteiger partial charge in [0.05, 0.1) is 20.4 Å². The third-order valence-corrected chi connectivity index (χ3v) is 2.90. The molecule has 1 aromatic rings. The molecule has 0 unspecified atom stereocenters. The van der Waals surface area contributed by atoms with Crippen molar-refractivity contribution in [3.05, 3.63) is 23.8 Å². The maximum Gasteiger partial charge on any atom is 0.260 e. The van der Waals surface area contributed by atoms with E-state index in [9.17, 15) is 4.79 Å². The average Bonchev–Trinajstić information content (AvgIpc) is 2.51. The maximum absolute atomic E-state index is 11.5. The van der Waals surface area contributed by atoms with Crippen LogP contribution in [0, 0.1) is 0 Å². The lowest BCUT2D eigenvalue weighted by Gasteiger charge is -2.10. The van der Waals surface area contributed by atoms with Crippen molar-refractivity contribution >= 4 is 12.1 Å². The fourth-order valence-electron chi connectivity index (χ4n) is 1.55. The van der Waals surface area contributed by atoms with E-state index in [0.29, 0.717) is 11.5 Å². The molecular weight excluding hydrogens is 272 g/mol. The van der Waals surface area contributed by atoms with Crippen LogP contribution < -0.4 is 14.8 Å². The summed E-state index contributed by atoms with van der Waals surface area (Å²) >= 11 is 0. The number of nitrogens with zero attached hydrogens (tertiary/aromatic N) is 1. The van der Waals surface area contributed by atoms with Gasteiger partial charge in [0.15, 0.2) is 18.1 Å². The van der Waals surface area contributed by atoms with Gasteiger partial charge < -0.3 is 19.6 Å². The first kappa shape index (κ1) is 16.8. The van der Waals surface area contributed by atoms with Gasteiger partial charge in [-0.05, 0) is 31.5 Å². The summed E-state index contributed by atoms with van der Waals surface area (Å²) < 4.78 is 10.3. The van der Waals surface area contributed by atoms with Crippen molar-refractivity contribution < 1.29 is 19.1 Å². The molecule has 0 aliphatic carbocycles. The number of rotatable bonds is 8. The quantitative estimate of drug-likeness (QED) is 0.588. The molecule has 0 radical (unpaired) electrons. The SMILES string of the molecule is CC[C@@H](C)NC(=O)CO/N=C\c1ccc(OC)c(OC)c1. The number of ether oxygens (including phenoxy) is 2. The highest BCUT2D eigenvalue weighted by Crippen LogP contribution is 2.26. The van der Waals surface area contributed by atoms with Crippen molar-refractivity contribution in [3.63, 3.8) is 0 Å². The highest BCUT2D eigenvalue weighted by Gasteiger charge is 2.05. The average molecular weight is 294 g/mol. The highest BCUT2D eigenvalue weighted by atomic mass is 16.6. The van der Waals surface area contributed by atoms with Crippen LogP contribution in [0.4, 0.5) is 0 Å². The molecular formula is C15H22N2O4. The Kier molecular flexibility index (Phi) is 7.08. The van der Waals surface area contributed by atoms with E-state index in [0.717, 1.165) is 12.0 Å². The van der Waals surface area contributed by atoms with Crippen molar-refractivity contribution in [2.45, 2.75) is 26.3 Å². The fraction of sp³-hybridized carbons (Fsp3) is 0.467. The van der Waals surface area contributed by atoms with Gasteiger partial charge >= 0.3 is 0 Å². The van der Waals surface area contributed by atoms with Crippen molar-refractivity contribution in [1.82, 2.24) is 5.32 Å². The summed E-state index contributed by atoms with van der Waals surface area (Å²) in [6.45, 7) is 3.83. The number of hydrogen-bond donors (Lipinski definition) is 1. The number of amides is 1. The predicted octanol–water partition coefficient (Wildman–Crippen LogP) is 1.97. The number of methoxy groups -OCH3 is 2. The van der Waals surface area contributed by atoms with Crippen LogP contribution in [0.15, 0.2) is 23.4 Å². The van der Waals surface area contributed by atoms with E-state index >= 15 is 0 Å². The van der Waals surface area contributed by atoms with Gasteiger partial charge in [-0.3, -0.25) is 4.79 Å². The summed E-state index contributed by atoms with van der Waals surface area (Å²) in [5.74, 6) is 1.06. The molecule has 21 heavy (non-hydrogen) atoms. The Morgan fingerprint density at radius 2 is 2.05 bits per heavy atom. The van der Waals surface area contributed by atoms with E-state index in [1.54, 1.807) is 26.4 Å². The molecule has 0 saturated heterocycles. The molecule has 0 bridgehead atoms. The van der Waals surface area contributed by atoms with Crippen molar-refractivity contribution in [3.8, 4) is 11.5 Å². The van der Waals surface area contributed by atoms with E-state index in [1.165, 1.54) is 6.21 Å². The normalized spacial score (nSPS) is 12.0. The second kappa shape index (κ2) is 8.84. The van der Waals surface area contributed by atoms with Crippen LogP contribution in [-0.2, 0) is 9.63 Å². The number of benzene rings is 1. The molecule has 1 N–H and O–H groups in total. The maximum atomic E-state index is 11.5. The molecule has 6 heteroatoms. The van der Waals surface area contributed by atoms with E-state index < -0.39 is 0 Å². The Morgan fingerprint density at radius 3 is 2.67 bits per heavy atom. The van der Waals surface area contributed by atoms with E-state index in [1.807, 2.05) is 19.9 Å². The lowest BCUT2D eigenvalue weighted by Crippen LogP contribution is -2.34. The van der Waals surface area contributed by atoms with Gasteiger partial charge in [0.25, 0.3) is 5.91 Å². The zero-order valence-electron chi connectivity index (χ0n) is 12.9. The van der Waals surface area contributed by atoms with Gasteiger partial charge in [-0.15, -0.1) is 0 Å². The minimum Gasteiger partial charge on any atom is -0.493 e. The first-order chi connectivity index (χ1) is 10.1. The number of hydrogen-bond acceptors (Lipinski definition) is 5. The van der Waals surface area contributed by atoms with Crippen LogP contribution in [0.25, 0.3) is 0 Å². The smallest absolute Gasteiger partial charge is 0.260 e. The zero-order valence-corrected chi connectivity index (χ0v) is 12.9. The summed E-state index contributed by atoms with van der Waals surface area (Å²) in [7, 11) is 3.14. The summed E-state index contributed by atoms with van der Waals surface area (Å²) in [5, 5.41) is 6.55. The summed E-state index contributed by atoms with van der Waals surface area (Å²) in [4.78, 5) is 16.4. The van der Waals surface area contributed by atoms with E-state index in [4.69, 9.17) is 14.3 Å². The Bertz CT molecular complexity index is 489. The third-order valence-electron chi connectivity index (χ3n) is 2.90. The van der Waals surface area contributed by atoms with Crippen molar-refractivity contribution in [2.75, 3.05) is 20.8 Å². The minimum atomic E-state index is -0.186. The van der Waals surface area contributed by atoms with Crippen molar-refractivity contribution in [1.29, 1.82) is 0 Å². The fourth-order valence-corrected chi connectivity index (χ4v) is 1.55. The van der Waals surface area contributed by atoms with E-state index in [2.05, 4.69) is 10.5 Å². The Morgan fingerprint density at radius 1 is 1.33 bits per heavy atom. The summed E-state index contributed by atoms with van der Waals surface area (Å²) in [6.07, 6.45) is 2.39. The molecule has 1 aromatic carbocycles. The van der Waals surface area contributed by atoms with Crippen molar-refractivity contribution in [2.24, 2.45) is 5.16 Å². The highest BCUT2D eigenvalue weighted by molar-refractivity contribution is 5.81. The molecule has 1 amide bonds. The number of nitrogens with one attached hydrogen (secondary N) is 1. The Hall–Kier alpha value is -2.24. The summed E-state index contributed by atoms with van der Waals surface area (Å²) in [6, 6.07) is 5.49. The molecule has 6 nitrogen and oxygen atoms in total. The monoisotopic (exact) mass is 294 g/mol. The first-order valence-electron chi connectivity index (χ1n) is 6.77. The molecule has 0 spiro atoms. The molecule has 0 aliphatic heterocycles. The number of carbonyl (C=O) groups excluding carboxylic acids is 1. The van der Waals surface area contributed by atoms with Gasteiger partial charge in [-0.1, -0.05) is 12.1 Å². The van der Waals surface area contributed by atoms with Gasteiger partial charge in [0.1, 0.15) is 0 Å². The van der Waals surface area contributed by atoms with Crippen LogP contribution in [0.2, 0.25) is 0 Å². The second-order valence-corrected chi connectivity index (χ2v) is 4.50. The Labute approximate surface area is 125 Å². The standard InChI is InChI=1S/C15H22N2O4/c1-5-11(2)17-15(18)10-21-16-9-12-6-7-13(19-3)14(8-12)20-4/h6-9,11H,5,10H2,1-4H3,(H,17,18)/b16-9-/t11-/m1/s1. The molecule has 0 aromatic heterocycles.